The van der Waals surface area contributed by atoms with Crippen molar-refractivity contribution in [3.05, 3.63) is 83.7 Å². The highest BCUT2D eigenvalue weighted by Crippen LogP contribution is 2.28. The number of hydrogen-bond donors (Lipinski definition) is 2. The van der Waals surface area contributed by atoms with Gasteiger partial charge in [-0.3, -0.25) is 14.3 Å². The van der Waals surface area contributed by atoms with Crippen LogP contribution in [0, 0.1) is 25.6 Å². The number of amides is 2. The first-order chi connectivity index (χ1) is 16.1. The van der Waals surface area contributed by atoms with E-state index in [9.17, 15) is 22.4 Å². The highest BCUT2D eigenvalue weighted by molar-refractivity contribution is 7.92. The summed E-state index contributed by atoms with van der Waals surface area (Å²) >= 11 is 0. The Morgan fingerprint density at radius 1 is 0.971 bits per heavy atom. The van der Waals surface area contributed by atoms with Gasteiger partial charge in [-0.1, -0.05) is 12.1 Å². The predicted octanol–water partition coefficient (Wildman–Crippen LogP) is 4.23. The number of rotatable bonds is 6. The Morgan fingerprint density at radius 3 is 2.38 bits per heavy atom. The van der Waals surface area contributed by atoms with E-state index < -0.39 is 27.7 Å². The second-order valence-corrected chi connectivity index (χ2v) is 9.91. The number of carbonyl (C=O) groups excluding carboxylic acids is 2. The first-order valence-electron chi connectivity index (χ1n) is 10.7. The topological polar surface area (TPSA) is 95.6 Å². The van der Waals surface area contributed by atoms with Gasteiger partial charge >= 0.3 is 0 Å². The molecule has 1 atom stereocenters. The van der Waals surface area contributed by atoms with Gasteiger partial charge in [0.25, 0.3) is 10.0 Å². The maximum absolute atomic E-state index is 13.3. The fourth-order valence-corrected chi connectivity index (χ4v) is 4.84. The third kappa shape index (κ3) is 4.94. The van der Waals surface area contributed by atoms with Crippen molar-refractivity contribution in [2.24, 2.45) is 5.92 Å². The molecule has 34 heavy (non-hydrogen) atoms. The quantitative estimate of drug-likeness (QED) is 0.515. The summed E-state index contributed by atoms with van der Waals surface area (Å²) in [5.41, 5.74) is 3.43. The Balaban J connectivity index is 1.41. The zero-order chi connectivity index (χ0) is 24.5. The zero-order valence-electron chi connectivity index (χ0n) is 18.7. The van der Waals surface area contributed by atoms with Crippen LogP contribution in [-0.2, 0) is 19.6 Å². The monoisotopic (exact) mass is 481 g/mol. The molecule has 1 aliphatic heterocycles. The Kier molecular flexibility index (Phi) is 6.39. The molecular weight excluding hydrogens is 457 g/mol. The molecule has 0 aliphatic carbocycles. The van der Waals surface area contributed by atoms with Crippen molar-refractivity contribution in [2.75, 3.05) is 21.5 Å². The maximum atomic E-state index is 13.3. The molecule has 0 bridgehead atoms. The van der Waals surface area contributed by atoms with Crippen molar-refractivity contribution in [3.8, 4) is 0 Å². The molecule has 0 radical (unpaired) electrons. The SMILES string of the molecule is Cc1ccc(N2CCC(C(=O)Nc3ccc(S(=O)(=O)Nc4cccc(F)c4)cc3)C2=O)cc1C. The Bertz CT molecular complexity index is 1360. The second-order valence-electron chi connectivity index (χ2n) is 8.23. The van der Waals surface area contributed by atoms with Gasteiger partial charge in [-0.05, 0) is 86.0 Å². The molecule has 1 aliphatic rings. The number of carbonyl (C=O) groups is 2. The minimum absolute atomic E-state index is 0.0485. The Morgan fingerprint density at radius 2 is 1.71 bits per heavy atom. The molecule has 3 aromatic carbocycles. The lowest BCUT2D eigenvalue weighted by atomic mass is 10.1. The molecule has 4 rings (SSSR count). The third-order valence-electron chi connectivity index (χ3n) is 5.83. The third-order valence-corrected chi connectivity index (χ3v) is 7.23. The van der Waals surface area contributed by atoms with Crippen molar-refractivity contribution in [2.45, 2.75) is 25.2 Å². The minimum atomic E-state index is -3.93. The van der Waals surface area contributed by atoms with E-state index in [0.717, 1.165) is 22.9 Å². The number of benzene rings is 3. The number of sulfonamides is 1. The van der Waals surface area contributed by atoms with Crippen molar-refractivity contribution in [1.29, 1.82) is 0 Å². The van der Waals surface area contributed by atoms with Crippen LogP contribution in [-0.4, -0.2) is 26.8 Å². The average molecular weight is 482 g/mol. The minimum Gasteiger partial charge on any atom is -0.325 e. The molecule has 1 unspecified atom stereocenters. The normalized spacial score (nSPS) is 15.9. The Labute approximate surface area is 197 Å². The predicted molar refractivity (Wildman–Crippen MR) is 129 cm³/mol. The van der Waals surface area contributed by atoms with Crippen LogP contribution in [0.4, 0.5) is 21.5 Å². The summed E-state index contributed by atoms with van der Waals surface area (Å²) in [5, 5.41) is 2.69. The van der Waals surface area contributed by atoms with E-state index >= 15 is 0 Å². The number of anilines is 3. The lowest BCUT2D eigenvalue weighted by Gasteiger charge is -2.18. The van der Waals surface area contributed by atoms with Gasteiger partial charge in [-0.15, -0.1) is 0 Å². The van der Waals surface area contributed by atoms with Gasteiger partial charge < -0.3 is 10.2 Å². The maximum Gasteiger partial charge on any atom is 0.261 e. The molecule has 2 amide bonds. The van der Waals surface area contributed by atoms with Gasteiger partial charge in [0, 0.05) is 17.9 Å². The van der Waals surface area contributed by atoms with Crippen LogP contribution in [0.1, 0.15) is 17.5 Å². The van der Waals surface area contributed by atoms with E-state index in [2.05, 4.69) is 10.0 Å². The van der Waals surface area contributed by atoms with E-state index in [1.165, 1.54) is 42.5 Å². The van der Waals surface area contributed by atoms with Gasteiger partial charge in [0.1, 0.15) is 11.7 Å². The molecule has 7 nitrogen and oxygen atoms in total. The molecule has 0 spiro atoms. The lowest BCUT2D eigenvalue weighted by Crippen LogP contribution is -2.33. The van der Waals surface area contributed by atoms with Crippen molar-refractivity contribution >= 4 is 38.9 Å². The van der Waals surface area contributed by atoms with Crippen molar-refractivity contribution in [3.63, 3.8) is 0 Å². The summed E-state index contributed by atoms with van der Waals surface area (Å²) in [6.45, 7) is 4.42. The van der Waals surface area contributed by atoms with Crippen molar-refractivity contribution in [1.82, 2.24) is 0 Å². The van der Waals surface area contributed by atoms with Gasteiger partial charge in [0.05, 0.1) is 10.6 Å². The second kappa shape index (κ2) is 9.26. The molecule has 1 fully saturated rings. The summed E-state index contributed by atoms with van der Waals surface area (Å²) in [7, 11) is -3.93. The number of nitrogens with zero attached hydrogens (tertiary/aromatic N) is 1. The highest BCUT2D eigenvalue weighted by atomic mass is 32.2. The van der Waals surface area contributed by atoms with Crippen LogP contribution in [0.2, 0.25) is 0 Å². The standard InChI is InChI=1S/C25H24FN3O4S/c1-16-6-9-21(14-17(16)2)29-13-12-23(25(29)31)24(30)27-19-7-10-22(11-8-19)34(32,33)28-20-5-3-4-18(26)15-20/h3-11,14-15,23,28H,12-13H2,1-2H3,(H,27,30). The molecule has 1 saturated heterocycles. The van der Waals surface area contributed by atoms with Crippen LogP contribution in [0.25, 0.3) is 0 Å². The van der Waals surface area contributed by atoms with Crippen LogP contribution in [0.5, 0.6) is 0 Å². The number of nitrogens with one attached hydrogen (secondary N) is 2. The zero-order valence-corrected chi connectivity index (χ0v) is 19.5. The van der Waals surface area contributed by atoms with Crippen LogP contribution in [0.3, 0.4) is 0 Å². The van der Waals surface area contributed by atoms with Gasteiger partial charge in [0.15, 0.2) is 0 Å². The van der Waals surface area contributed by atoms with E-state index in [4.69, 9.17) is 0 Å². The van der Waals surface area contributed by atoms with Crippen molar-refractivity contribution < 1.29 is 22.4 Å². The highest BCUT2D eigenvalue weighted by Gasteiger charge is 2.37. The van der Waals surface area contributed by atoms with Gasteiger partial charge in [0.2, 0.25) is 11.8 Å². The van der Waals surface area contributed by atoms with Crippen LogP contribution in [0.15, 0.2) is 71.6 Å². The molecule has 2 N–H and O–H groups in total. The van der Waals surface area contributed by atoms with Gasteiger partial charge in [-0.25, -0.2) is 12.8 Å². The Hall–Kier alpha value is -3.72. The van der Waals surface area contributed by atoms with E-state index in [-0.39, 0.29) is 16.5 Å². The fourth-order valence-electron chi connectivity index (χ4n) is 3.79. The summed E-state index contributed by atoms with van der Waals surface area (Å²) in [5.74, 6) is -2.08. The number of aryl methyl sites for hydroxylation is 2. The largest absolute Gasteiger partial charge is 0.325 e. The first-order valence-corrected chi connectivity index (χ1v) is 12.2. The van der Waals surface area contributed by atoms with Crippen LogP contribution < -0.4 is 14.9 Å². The first kappa shape index (κ1) is 23.4. The lowest BCUT2D eigenvalue weighted by molar-refractivity contribution is -0.129. The van der Waals surface area contributed by atoms with Gasteiger partial charge in [-0.2, -0.15) is 0 Å². The number of halogens is 1. The summed E-state index contributed by atoms with van der Waals surface area (Å²) < 4.78 is 40.7. The summed E-state index contributed by atoms with van der Waals surface area (Å²) in [6.07, 6.45) is 0.390. The molecule has 1 heterocycles. The van der Waals surface area contributed by atoms with E-state index in [1.54, 1.807) is 4.90 Å². The fraction of sp³-hybridized carbons (Fsp3) is 0.200. The van der Waals surface area contributed by atoms with Crippen LogP contribution >= 0.6 is 0 Å². The molecular formula is C25H24FN3O4S. The van der Waals surface area contributed by atoms with E-state index in [0.29, 0.717) is 18.7 Å². The molecule has 176 valence electrons. The average Bonchev–Trinajstić information content (AvgIpc) is 3.17. The summed E-state index contributed by atoms with van der Waals surface area (Å²) in [6, 6.07) is 16.4. The molecule has 0 aromatic heterocycles. The van der Waals surface area contributed by atoms with E-state index in [1.807, 2.05) is 32.0 Å². The molecule has 0 saturated carbocycles. The summed E-state index contributed by atoms with van der Waals surface area (Å²) in [4.78, 5) is 27.2. The molecule has 9 heteroatoms. The molecule has 3 aromatic rings. The smallest absolute Gasteiger partial charge is 0.261 e. The number of hydrogen-bond acceptors (Lipinski definition) is 4.